The zero-order valence-corrected chi connectivity index (χ0v) is 19.4. The first-order valence-electron chi connectivity index (χ1n) is 10.4. The maximum Gasteiger partial charge on any atom is 0.243 e. The van der Waals surface area contributed by atoms with Gasteiger partial charge in [-0.15, -0.1) is 0 Å². The summed E-state index contributed by atoms with van der Waals surface area (Å²) >= 11 is 5.52. The third kappa shape index (κ3) is 5.11. The first kappa shape index (κ1) is 22.5. The molecule has 0 unspecified atom stereocenters. The van der Waals surface area contributed by atoms with Crippen molar-refractivity contribution in [2.75, 3.05) is 41.7 Å². The Bertz CT molecular complexity index is 981. The van der Waals surface area contributed by atoms with Gasteiger partial charge in [-0.3, -0.25) is 0 Å². The molecule has 3 rings (SSSR count). The highest BCUT2D eigenvalue weighted by Crippen LogP contribution is 2.32. The van der Waals surface area contributed by atoms with E-state index in [1.54, 1.807) is 12.1 Å². The third-order valence-electron chi connectivity index (χ3n) is 5.32. The van der Waals surface area contributed by atoms with E-state index in [0.717, 1.165) is 37.3 Å². The van der Waals surface area contributed by atoms with E-state index in [4.69, 9.17) is 12.2 Å². The van der Waals surface area contributed by atoms with Gasteiger partial charge in [-0.1, -0.05) is 31.5 Å². The van der Waals surface area contributed by atoms with E-state index in [1.165, 1.54) is 9.87 Å². The van der Waals surface area contributed by atoms with Crippen molar-refractivity contribution < 1.29 is 8.42 Å². The van der Waals surface area contributed by atoms with Crippen molar-refractivity contribution in [3.63, 3.8) is 0 Å². The van der Waals surface area contributed by atoms with Gasteiger partial charge in [0.1, 0.15) is 0 Å². The fraction of sp³-hybridized carbons (Fsp3) is 0.409. The fourth-order valence-corrected chi connectivity index (χ4v) is 5.36. The lowest BCUT2D eigenvalue weighted by Crippen LogP contribution is -2.31. The van der Waals surface area contributed by atoms with Gasteiger partial charge in [-0.2, -0.15) is 4.31 Å². The molecule has 0 amide bonds. The minimum Gasteiger partial charge on any atom is -0.370 e. The van der Waals surface area contributed by atoms with E-state index in [-0.39, 0.29) is 4.90 Å². The molecule has 30 heavy (non-hydrogen) atoms. The molecular formula is C22H30N4O2S2. The van der Waals surface area contributed by atoms with Gasteiger partial charge in [-0.25, -0.2) is 8.42 Å². The van der Waals surface area contributed by atoms with Crippen LogP contribution in [0.5, 0.6) is 0 Å². The lowest BCUT2D eigenvalue weighted by Gasteiger charge is -2.24. The van der Waals surface area contributed by atoms with E-state index in [9.17, 15) is 8.42 Å². The van der Waals surface area contributed by atoms with Crippen molar-refractivity contribution in [1.29, 1.82) is 0 Å². The molecule has 1 fully saturated rings. The summed E-state index contributed by atoms with van der Waals surface area (Å²) < 4.78 is 27.5. The molecule has 0 aliphatic carbocycles. The van der Waals surface area contributed by atoms with Gasteiger partial charge >= 0.3 is 0 Å². The molecule has 0 spiro atoms. The molecule has 1 saturated heterocycles. The van der Waals surface area contributed by atoms with Crippen molar-refractivity contribution in [1.82, 2.24) is 4.31 Å². The topological polar surface area (TPSA) is 64.7 Å². The number of thiocarbonyl (C=S) groups is 1. The Hall–Kier alpha value is -2.16. The Morgan fingerprint density at radius 1 is 1.03 bits per heavy atom. The normalized spacial score (nSPS) is 14.2. The summed E-state index contributed by atoms with van der Waals surface area (Å²) in [5.41, 5.74) is 3.73. The molecule has 6 nitrogen and oxygen atoms in total. The quantitative estimate of drug-likeness (QED) is 0.613. The van der Waals surface area contributed by atoms with Crippen LogP contribution in [0.2, 0.25) is 0 Å². The first-order chi connectivity index (χ1) is 14.3. The van der Waals surface area contributed by atoms with Gasteiger partial charge in [0, 0.05) is 31.9 Å². The predicted octanol–water partition coefficient (Wildman–Crippen LogP) is 4.43. The molecule has 2 aromatic rings. The molecule has 8 heteroatoms. The number of hydrogen-bond acceptors (Lipinski definition) is 4. The Morgan fingerprint density at radius 3 is 2.27 bits per heavy atom. The van der Waals surface area contributed by atoms with Crippen LogP contribution >= 0.6 is 12.2 Å². The second-order valence-corrected chi connectivity index (χ2v) is 9.75. The Kier molecular flexibility index (Phi) is 7.33. The van der Waals surface area contributed by atoms with Gasteiger partial charge in [0.2, 0.25) is 10.0 Å². The Balaban J connectivity index is 1.90. The maximum absolute atomic E-state index is 13.0. The number of nitrogens with zero attached hydrogens (tertiary/aromatic N) is 2. The van der Waals surface area contributed by atoms with Crippen molar-refractivity contribution in [3.05, 3.63) is 48.0 Å². The summed E-state index contributed by atoms with van der Waals surface area (Å²) in [5.74, 6) is 0. The summed E-state index contributed by atoms with van der Waals surface area (Å²) in [6.45, 7) is 8.50. The highest BCUT2D eigenvalue weighted by atomic mass is 32.2. The summed E-state index contributed by atoms with van der Waals surface area (Å²) in [6.07, 6.45) is 2.26. The second kappa shape index (κ2) is 9.76. The molecule has 0 aromatic heterocycles. The van der Waals surface area contributed by atoms with Crippen LogP contribution < -0.4 is 15.5 Å². The van der Waals surface area contributed by atoms with Crippen molar-refractivity contribution in [2.24, 2.45) is 0 Å². The molecule has 1 aliphatic heterocycles. The van der Waals surface area contributed by atoms with E-state index >= 15 is 0 Å². The van der Waals surface area contributed by atoms with Crippen molar-refractivity contribution >= 4 is 44.4 Å². The van der Waals surface area contributed by atoms with Gasteiger partial charge in [0.05, 0.1) is 16.3 Å². The van der Waals surface area contributed by atoms with Crippen LogP contribution in [0, 0.1) is 6.92 Å². The fourth-order valence-electron chi connectivity index (χ4n) is 3.64. The van der Waals surface area contributed by atoms with E-state index < -0.39 is 10.0 Å². The number of nitrogens with one attached hydrogen (secondary N) is 2. The minimum atomic E-state index is -3.55. The zero-order chi connectivity index (χ0) is 21.7. The molecule has 0 radical (unpaired) electrons. The number of aryl methyl sites for hydroxylation is 1. The Morgan fingerprint density at radius 2 is 1.67 bits per heavy atom. The molecular weight excluding hydrogens is 416 g/mol. The van der Waals surface area contributed by atoms with Gasteiger partial charge < -0.3 is 15.5 Å². The van der Waals surface area contributed by atoms with Crippen molar-refractivity contribution in [2.45, 2.75) is 38.5 Å². The van der Waals surface area contributed by atoms with Crippen LogP contribution in [0.1, 0.15) is 32.3 Å². The predicted molar refractivity (Wildman–Crippen MR) is 129 cm³/mol. The smallest absolute Gasteiger partial charge is 0.243 e. The minimum absolute atomic E-state index is 0.273. The highest BCUT2D eigenvalue weighted by molar-refractivity contribution is 7.89. The molecule has 0 saturated carbocycles. The average molecular weight is 447 g/mol. The highest BCUT2D eigenvalue weighted by Gasteiger charge is 2.24. The number of sulfonamides is 1. The monoisotopic (exact) mass is 446 g/mol. The van der Waals surface area contributed by atoms with Crippen LogP contribution in [-0.2, 0) is 10.0 Å². The molecule has 2 aromatic carbocycles. The number of rotatable bonds is 7. The lowest BCUT2D eigenvalue weighted by molar-refractivity contribution is 0.445. The third-order valence-corrected chi connectivity index (χ3v) is 7.57. The number of hydrogen-bond donors (Lipinski definition) is 2. The van der Waals surface area contributed by atoms with Crippen LogP contribution in [0.3, 0.4) is 0 Å². The SMILES string of the molecule is CCN(CC)S(=O)(=O)c1ccc(N2CCCC2)c(NC(=S)Nc2ccc(C)cc2)c1. The molecule has 1 aliphatic rings. The maximum atomic E-state index is 13.0. The van der Waals surface area contributed by atoms with Gasteiger partial charge in [0.15, 0.2) is 5.11 Å². The number of benzene rings is 2. The largest absolute Gasteiger partial charge is 0.370 e. The standard InChI is InChI=1S/C22H30N4O2S2/c1-4-26(5-2)30(27,28)19-12-13-21(25-14-6-7-15-25)20(16-19)24-22(29)23-18-10-8-17(3)9-11-18/h8-13,16H,4-7,14-15H2,1-3H3,(H2,23,24,29). The summed E-state index contributed by atoms with van der Waals surface area (Å²) in [5, 5.41) is 6.84. The molecule has 2 N–H and O–H groups in total. The summed E-state index contributed by atoms with van der Waals surface area (Å²) in [6, 6.07) is 13.2. The second-order valence-electron chi connectivity index (χ2n) is 7.41. The lowest BCUT2D eigenvalue weighted by atomic mass is 10.2. The summed E-state index contributed by atoms with van der Waals surface area (Å²) in [7, 11) is -3.55. The molecule has 0 atom stereocenters. The van der Waals surface area contributed by atoms with E-state index in [0.29, 0.717) is 23.9 Å². The number of anilines is 3. The van der Waals surface area contributed by atoms with E-state index in [2.05, 4.69) is 15.5 Å². The van der Waals surface area contributed by atoms with Crippen LogP contribution in [0.4, 0.5) is 17.1 Å². The Labute approximate surface area is 185 Å². The van der Waals surface area contributed by atoms with Crippen molar-refractivity contribution in [3.8, 4) is 0 Å². The first-order valence-corrected chi connectivity index (χ1v) is 12.2. The van der Waals surface area contributed by atoms with Gasteiger partial charge in [-0.05, 0) is 62.3 Å². The molecule has 162 valence electrons. The van der Waals surface area contributed by atoms with Gasteiger partial charge in [0.25, 0.3) is 0 Å². The zero-order valence-electron chi connectivity index (χ0n) is 17.8. The molecule has 1 heterocycles. The summed E-state index contributed by atoms with van der Waals surface area (Å²) in [4.78, 5) is 2.54. The molecule has 0 bridgehead atoms. The van der Waals surface area contributed by atoms with Crippen LogP contribution in [0.25, 0.3) is 0 Å². The average Bonchev–Trinajstić information content (AvgIpc) is 3.25. The van der Waals surface area contributed by atoms with E-state index in [1.807, 2.05) is 51.1 Å². The van der Waals surface area contributed by atoms with Crippen LogP contribution in [0.15, 0.2) is 47.4 Å². The van der Waals surface area contributed by atoms with Crippen LogP contribution in [-0.4, -0.2) is 44.0 Å².